The summed E-state index contributed by atoms with van der Waals surface area (Å²) >= 11 is 0. The molecule has 170 valence electrons. The molecule has 1 saturated carbocycles. The van der Waals surface area contributed by atoms with Crippen molar-refractivity contribution in [2.45, 2.75) is 76.8 Å². The van der Waals surface area contributed by atoms with Gasteiger partial charge in [-0.15, -0.1) is 0 Å². The lowest BCUT2D eigenvalue weighted by atomic mass is 9.93. The molecular weight excluding hydrogens is 407 g/mol. The molecule has 1 unspecified atom stereocenters. The minimum atomic E-state index is -0.317. The van der Waals surface area contributed by atoms with Crippen LogP contribution in [0.1, 0.15) is 84.8 Å². The van der Waals surface area contributed by atoms with Crippen LogP contribution < -0.4 is 5.32 Å². The summed E-state index contributed by atoms with van der Waals surface area (Å²) in [6.07, 6.45) is 9.94. The van der Waals surface area contributed by atoms with E-state index in [1.807, 2.05) is 4.90 Å². The SMILES string of the molecule is Cc1ncc(C(=O)NC2CCCCC2)c(C2CCCCN2C(=O)Cc2ccc(F)cc2)n1. The minimum absolute atomic E-state index is 0.0313. The first-order valence-electron chi connectivity index (χ1n) is 11.7. The van der Waals surface area contributed by atoms with Crippen molar-refractivity contribution >= 4 is 11.8 Å². The fraction of sp³-hybridized carbons (Fsp3) is 0.520. The summed E-state index contributed by atoms with van der Waals surface area (Å²) in [5, 5.41) is 3.17. The number of carbonyl (C=O) groups excluding carboxylic acids is 2. The molecule has 1 N–H and O–H groups in total. The van der Waals surface area contributed by atoms with Crippen LogP contribution in [0.25, 0.3) is 0 Å². The van der Waals surface area contributed by atoms with Crippen molar-refractivity contribution in [3.63, 3.8) is 0 Å². The second-order valence-corrected chi connectivity index (χ2v) is 8.93. The van der Waals surface area contributed by atoms with Crippen LogP contribution in [0.4, 0.5) is 4.39 Å². The highest BCUT2D eigenvalue weighted by Gasteiger charge is 2.32. The monoisotopic (exact) mass is 438 g/mol. The molecule has 32 heavy (non-hydrogen) atoms. The van der Waals surface area contributed by atoms with E-state index in [-0.39, 0.29) is 36.1 Å². The molecule has 2 fully saturated rings. The van der Waals surface area contributed by atoms with Gasteiger partial charge in [0.25, 0.3) is 5.91 Å². The zero-order valence-electron chi connectivity index (χ0n) is 18.6. The number of hydrogen-bond donors (Lipinski definition) is 1. The molecule has 7 heteroatoms. The second-order valence-electron chi connectivity index (χ2n) is 8.93. The van der Waals surface area contributed by atoms with Gasteiger partial charge < -0.3 is 10.2 Å². The van der Waals surface area contributed by atoms with E-state index in [1.165, 1.54) is 18.6 Å². The Morgan fingerprint density at radius 2 is 1.78 bits per heavy atom. The molecule has 1 aromatic heterocycles. The Bertz CT molecular complexity index is 957. The van der Waals surface area contributed by atoms with Gasteiger partial charge in [0.1, 0.15) is 11.6 Å². The molecule has 2 amide bonds. The molecule has 0 bridgehead atoms. The first-order chi connectivity index (χ1) is 15.5. The van der Waals surface area contributed by atoms with E-state index in [0.29, 0.717) is 23.6 Å². The van der Waals surface area contributed by atoms with Gasteiger partial charge in [0, 0.05) is 18.8 Å². The number of carbonyl (C=O) groups is 2. The lowest BCUT2D eigenvalue weighted by Crippen LogP contribution is -2.42. The second kappa shape index (κ2) is 10.2. The Hall–Kier alpha value is -2.83. The number of nitrogens with one attached hydrogen (secondary N) is 1. The van der Waals surface area contributed by atoms with E-state index < -0.39 is 0 Å². The molecule has 1 aromatic carbocycles. The number of hydrogen-bond acceptors (Lipinski definition) is 4. The van der Waals surface area contributed by atoms with E-state index in [2.05, 4.69) is 15.3 Å². The fourth-order valence-corrected chi connectivity index (χ4v) is 4.82. The minimum Gasteiger partial charge on any atom is -0.349 e. The third kappa shape index (κ3) is 5.31. The van der Waals surface area contributed by atoms with Crippen LogP contribution in [0.5, 0.6) is 0 Å². The number of piperidine rings is 1. The number of amides is 2. The van der Waals surface area contributed by atoms with Gasteiger partial charge in [0.15, 0.2) is 0 Å². The molecule has 0 radical (unpaired) electrons. The third-order valence-electron chi connectivity index (χ3n) is 6.53. The Kier molecular flexibility index (Phi) is 7.12. The van der Waals surface area contributed by atoms with E-state index >= 15 is 0 Å². The summed E-state index contributed by atoms with van der Waals surface area (Å²) in [5.74, 6) is 0.0903. The lowest BCUT2D eigenvalue weighted by Gasteiger charge is -2.36. The smallest absolute Gasteiger partial charge is 0.255 e. The van der Waals surface area contributed by atoms with Crippen molar-refractivity contribution in [3.8, 4) is 0 Å². The first-order valence-corrected chi connectivity index (χ1v) is 11.7. The molecule has 0 spiro atoms. The Morgan fingerprint density at radius 3 is 2.53 bits per heavy atom. The van der Waals surface area contributed by atoms with Crippen molar-refractivity contribution in [1.82, 2.24) is 20.2 Å². The maximum Gasteiger partial charge on any atom is 0.255 e. The van der Waals surface area contributed by atoms with E-state index in [9.17, 15) is 14.0 Å². The van der Waals surface area contributed by atoms with Crippen molar-refractivity contribution in [2.24, 2.45) is 0 Å². The van der Waals surface area contributed by atoms with Crippen LogP contribution in [0.3, 0.4) is 0 Å². The van der Waals surface area contributed by atoms with Gasteiger partial charge in [-0.2, -0.15) is 0 Å². The Morgan fingerprint density at radius 1 is 1.06 bits per heavy atom. The largest absolute Gasteiger partial charge is 0.349 e. The summed E-state index contributed by atoms with van der Waals surface area (Å²) in [4.78, 5) is 37.1. The number of rotatable bonds is 5. The van der Waals surface area contributed by atoms with Crippen LogP contribution in [0, 0.1) is 12.7 Å². The summed E-state index contributed by atoms with van der Waals surface area (Å²) < 4.78 is 13.2. The number of nitrogens with zero attached hydrogens (tertiary/aromatic N) is 3. The summed E-state index contributed by atoms with van der Waals surface area (Å²) in [6.45, 7) is 2.43. The molecule has 1 atom stereocenters. The van der Waals surface area contributed by atoms with Crippen LogP contribution >= 0.6 is 0 Å². The predicted octanol–water partition coefficient (Wildman–Crippen LogP) is 4.28. The van der Waals surface area contributed by atoms with Crippen molar-refractivity contribution < 1.29 is 14.0 Å². The number of likely N-dealkylation sites (tertiary alicyclic amines) is 1. The number of aryl methyl sites for hydroxylation is 1. The van der Waals surface area contributed by atoms with E-state index in [4.69, 9.17) is 0 Å². The summed E-state index contributed by atoms with van der Waals surface area (Å²) in [7, 11) is 0. The molecule has 6 nitrogen and oxygen atoms in total. The maximum atomic E-state index is 13.2. The average molecular weight is 439 g/mol. The lowest BCUT2D eigenvalue weighted by molar-refractivity contribution is -0.134. The van der Waals surface area contributed by atoms with Gasteiger partial charge in [-0.25, -0.2) is 14.4 Å². The average Bonchev–Trinajstić information content (AvgIpc) is 2.81. The highest BCUT2D eigenvalue weighted by molar-refractivity contribution is 5.95. The fourth-order valence-electron chi connectivity index (χ4n) is 4.82. The highest BCUT2D eigenvalue weighted by atomic mass is 19.1. The van der Waals surface area contributed by atoms with Crippen molar-refractivity contribution in [2.75, 3.05) is 6.54 Å². The van der Waals surface area contributed by atoms with Gasteiger partial charge in [0.05, 0.1) is 23.7 Å². The summed E-state index contributed by atoms with van der Waals surface area (Å²) in [5.41, 5.74) is 1.88. The van der Waals surface area contributed by atoms with Gasteiger partial charge in [-0.1, -0.05) is 31.4 Å². The molecule has 1 aliphatic heterocycles. The number of aromatic nitrogens is 2. The molecule has 1 aliphatic carbocycles. The Balaban J connectivity index is 1.56. The highest BCUT2D eigenvalue weighted by Crippen LogP contribution is 2.32. The van der Waals surface area contributed by atoms with Gasteiger partial charge in [0.2, 0.25) is 5.91 Å². The topological polar surface area (TPSA) is 75.2 Å². The quantitative estimate of drug-likeness (QED) is 0.756. The van der Waals surface area contributed by atoms with Gasteiger partial charge >= 0.3 is 0 Å². The zero-order chi connectivity index (χ0) is 22.5. The van der Waals surface area contributed by atoms with E-state index in [1.54, 1.807) is 25.3 Å². The standard InChI is InChI=1S/C25H31FN4O2/c1-17-27-16-21(25(32)29-20-7-3-2-4-8-20)24(28-17)22-9-5-6-14-30(22)23(31)15-18-10-12-19(26)13-11-18/h10-13,16,20,22H,2-9,14-15H2,1H3,(H,29,32). The van der Waals surface area contributed by atoms with Crippen LogP contribution in [0.15, 0.2) is 30.5 Å². The van der Waals surface area contributed by atoms with Crippen LogP contribution in [-0.2, 0) is 11.2 Å². The molecule has 2 heterocycles. The molecule has 2 aromatic rings. The molecule has 4 rings (SSSR count). The normalized spacial score (nSPS) is 19.6. The molecule has 2 aliphatic rings. The molecule has 1 saturated heterocycles. The molecular formula is C25H31FN4O2. The number of benzene rings is 1. The van der Waals surface area contributed by atoms with Crippen molar-refractivity contribution in [3.05, 3.63) is 58.9 Å². The first kappa shape index (κ1) is 22.4. The zero-order valence-corrected chi connectivity index (χ0v) is 18.6. The predicted molar refractivity (Wildman–Crippen MR) is 120 cm³/mol. The van der Waals surface area contributed by atoms with Gasteiger partial charge in [-0.3, -0.25) is 9.59 Å². The van der Waals surface area contributed by atoms with Crippen molar-refractivity contribution in [1.29, 1.82) is 0 Å². The third-order valence-corrected chi connectivity index (χ3v) is 6.53. The maximum absolute atomic E-state index is 13.2. The van der Waals surface area contributed by atoms with E-state index in [0.717, 1.165) is 50.5 Å². The van der Waals surface area contributed by atoms with Crippen LogP contribution in [0.2, 0.25) is 0 Å². The summed E-state index contributed by atoms with van der Waals surface area (Å²) in [6, 6.07) is 5.96. The van der Waals surface area contributed by atoms with Gasteiger partial charge in [-0.05, 0) is 56.7 Å². The Labute approximate surface area is 188 Å². The van der Waals surface area contributed by atoms with Crippen LogP contribution in [-0.4, -0.2) is 39.3 Å². The number of halogens is 1.